The van der Waals surface area contributed by atoms with Gasteiger partial charge in [-0.15, -0.1) is 11.8 Å². The van der Waals surface area contributed by atoms with Crippen LogP contribution in [-0.4, -0.2) is 30.7 Å². The standard InChI is InChI=1S/C19H22N2O3S/c1-14-3-7-17(8-4-14)24-12-11-20-19(23)13-25-18-9-5-16(6-10-18)21-15(2)22/h3-10H,11-13H2,1-2H3,(H,20,23)(H,21,22). The Bertz CT molecular complexity index is 700. The molecule has 25 heavy (non-hydrogen) atoms. The van der Waals surface area contributed by atoms with E-state index in [0.717, 1.165) is 16.3 Å². The van der Waals surface area contributed by atoms with Gasteiger partial charge in [-0.2, -0.15) is 0 Å². The highest BCUT2D eigenvalue weighted by atomic mass is 32.2. The van der Waals surface area contributed by atoms with Crippen LogP contribution in [0.3, 0.4) is 0 Å². The smallest absolute Gasteiger partial charge is 0.230 e. The third-order valence-electron chi connectivity index (χ3n) is 3.26. The predicted molar refractivity (Wildman–Crippen MR) is 101 cm³/mol. The molecule has 0 atom stereocenters. The molecule has 0 aliphatic heterocycles. The highest BCUT2D eigenvalue weighted by Gasteiger charge is 2.03. The van der Waals surface area contributed by atoms with Gasteiger partial charge in [0.25, 0.3) is 0 Å². The fourth-order valence-electron chi connectivity index (χ4n) is 2.03. The first-order chi connectivity index (χ1) is 12.0. The first-order valence-electron chi connectivity index (χ1n) is 7.99. The van der Waals surface area contributed by atoms with Gasteiger partial charge < -0.3 is 15.4 Å². The molecular weight excluding hydrogens is 336 g/mol. The third kappa shape index (κ3) is 7.30. The summed E-state index contributed by atoms with van der Waals surface area (Å²) in [5.74, 6) is 0.994. The monoisotopic (exact) mass is 358 g/mol. The van der Waals surface area contributed by atoms with Crippen LogP contribution in [0.2, 0.25) is 0 Å². The Hall–Kier alpha value is -2.47. The summed E-state index contributed by atoms with van der Waals surface area (Å²) in [6, 6.07) is 15.2. The molecule has 0 radical (unpaired) electrons. The highest BCUT2D eigenvalue weighted by Crippen LogP contribution is 2.20. The Labute approximate surface area is 152 Å². The summed E-state index contributed by atoms with van der Waals surface area (Å²) in [4.78, 5) is 23.8. The molecule has 0 saturated heterocycles. The number of nitrogens with one attached hydrogen (secondary N) is 2. The van der Waals surface area contributed by atoms with Gasteiger partial charge in [-0.05, 0) is 43.3 Å². The molecule has 2 aromatic rings. The van der Waals surface area contributed by atoms with E-state index in [1.807, 2.05) is 55.5 Å². The van der Waals surface area contributed by atoms with E-state index >= 15 is 0 Å². The molecular formula is C19H22N2O3S. The number of anilines is 1. The van der Waals surface area contributed by atoms with Crippen LogP contribution < -0.4 is 15.4 Å². The van der Waals surface area contributed by atoms with Crippen LogP contribution in [0.25, 0.3) is 0 Å². The summed E-state index contributed by atoms with van der Waals surface area (Å²) in [6.45, 7) is 4.39. The Morgan fingerprint density at radius 2 is 1.72 bits per heavy atom. The fraction of sp³-hybridized carbons (Fsp3) is 0.263. The summed E-state index contributed by atoms with van der Waals surface area (Å²) >= 11 is 1.45. The minimum atomic E-state index is -0.104. The molecule has 0 saturated carbocycles. The first-order valence-corrected chi connectivity index (χ1v) is 8.98. The number of thioether (sulfide) groups is 1. The Balaban J connectivity index is 1.63. The van der Waals surface area contributed by atoms with Crippen LogP contribution in [0.15, 0.2) is 53.4 Å². The van der Waals surface area contributed by atoms with E-state index in [9.17, 15) is 9.59 Å². The number of rotatable bonds is 8. The van der Waals surface area contributed by atoms with Crippen LogP contribution in [0.5, 0.6) is 5.75 Å². The second-order valence-electron chi connectivity index (χ2n) is 5.51. The Morgan fingerprint density at radius 1 is 1.04 bits per heavy atom. The molecule has 6 heteroatoms. The van der Waals surface area contributed by atoms with Gasteiger partial charge in [0.2, 0.25) is 11.8 Å². The maximum atomic E-state index is 11.8. The summed E-state index contributed by atoms with van der Waals surface area (Å²) in [5.41, 5.74) is 1.93. The summed E-state index contributed by atoms with van der Waals surface area (Å²) in [5, 5.41) is 5.54. The lowest BCUT2D eigenvalue weighted by Gasteiger charge is -2.08. The molecule has 5 nitrogen and oxygen atoms in total. The molecule has 2 N–H and O–H groups in total. The summed E-state index contributed by atoms with van der Waals surface area (Å²) < 4.78 is 5.56. The number of ether oxygens (including phenoxy) is 1. The van der Waals surface area contributed by atoms with Gasteiger partial charge in [0.15, 0.2) is 0 Å². The van der Waals surface area contributed by atoms with Crippen LogP contribution in [0, 0.1) is 6.92 Å². The molecule has 2 amide bonds. The molecule has 132 valence electrons. The van der Waals surface area contributed by atoms with Crippen LogP contribution in [0.4, 0.5) is 5.69 Å². The van der Waals surface area contributed by atoms with E-state index < -0.39 is 0 Å². The number of aryl methyl sites for hydroxylation is 1. The Morgan fingerprint density at radius 3 is 2.36 bits per heavy atom. The number of carbonyl (C=O) groups excluding carboxylic acids is 2. The van der Waals surface area contributed by atoms with E-state index in [2.05, 4.69) is 10.6 Å². The van der Waals surface area contributed by atoms with Gasteiger partial charge >= 0.3 is 0 Å². The molecule has 0 unspecified atom stereocenters. The van der Waals surface area contributed by atoms with E-state index in [1.165, 1.54) is 24.2 Å². The zero-order chi connectivity index (χ0) is 18.1. The van der Waals surface area contributed by atoms with Crippen molar-refractivity contribution in [2.24, 2.45) is 0 Å². The largest absolute Gasteiger partial charge is 0.492 e. The van der Waals surface area contributed by atoms with Crippen LogP contribution >= 0.6 is 11.8 Å². The average Bonchev–Trinajstić information content (AvgIpc) is 2.59. The lowest BCUT2D eigenvalue weighted by atomic mass is 10.2. The van der Waals surface area contributed by atoms with Gasteiger partial charge in [-0.1, -0.05) is 17.7 Å². The quantitative estimate of drug-likeness (QED) is 0.561. The Kier molecular flexibility index (Phi) is 7.35. The van der Waals surface area contributed by atoms with E-state index in [-0.39, 0.29) is 11.8 Å². The second-order valence-corrected chi connectivity index (χ2v) is 6.55. The van der Waals surface area contributed by atoms with Crippen molar-refractivity contribution in [2.45, 2.75) is 18.7 Å². The molecule has 0 aliphatic carbocycles. The predicted octanol–water partition coefficient (Wildman–Crippen LogP) is 3.24. The maximum Gasteiger partial charge on any atom is 0.230 e. The second kappa shape index (κ2) is 9.74. The van der Waals surface area contributed by atoms with Crippen molar-refractivity contribution >= 4 is 29.3 Å². The van der Waals surface area contributed by atoms with Gasteiger partial charge in [-0.3, -0.25) is 9.59 Å². The molecule has 2 rings (SSSR count). The molecule has 0 aliphatic rings. The average molecular weight is 358 g/mol. The molecule has 2 aromatic carbocycles. The number of hydrogen-bond donors (Lipinski definition) is 2. The molecule has 0 spiro atoms. The topological polar surface area (TPSA) is 67.4 Å². The lowest BCUT2D eigenvalue weighted by molar-refractivity contribution is -0.118. The zero-order valence-corrected chi connectivity index (χ0v) is 15.2. The number of amides is 2. The van der Waals surface area contributed by atoms with Crippen molar-refractivity contribution in [3.63, 3.8) is 0 Å². The number of carbonyl (C=O) groups is 2. The zero-order valence-electron chi connectivity index (χ0n) is 14.4. The van der Waals surface area contributed by atoms with Crippen molar-refractivity contribution in [1.29, 1.82) is 0 Å². The van der Waals surface area contributed by atoms with Crippen molar-refractivity contribution in [1.82, 2.24) is 5.32 Å². The van der Waals surface area contributed by atoms with E-state index in [0.29, 0.717) is 18.9 Å². The van der Waals surface area contributed by atoms with Gasteiger partial charge in [0, 0.05) is 17.5 Å². The van der Waals surface area contributed by atoms with Crippen molar-refractivity contribution in [2.75, 3.05) is 24.2 Å². The summed E-state index contributed by atoms with van der Waals surface area (Å²) in [7, 11) is 0. The van der Waals surface area contributed by atoms with E-state index in [1.54, 1.807) is 0 Å². The highest BCUT2D eigenvalue weighted by molar-refractivity contribution is 8.00. The van der Waals surface area contributed by atoms with Crippen molar-refractivity contribution in [3.8, 4) is 5.75 Å². The van der Waals surface area contributed by atoms with E-state index in [4.69, 9.17) is 4.74 Å². The van der Waals surface area contributed by atoms with Crippen LogP contribution in [-0.2, 0) is 9.59 Å². The molecule has 0 bridgehead atoms. The first kappa shape index (κ1) is 18.9. The SMILES string of the molecule is CC(=O)Nc1ccc(SCC(=O)NCCOc2ccc(C)cc2)cc1. The number of benzene rings is 2. The van der Waals surface area contributed by atoms with Gasteiger partial charge in [0.05, 0.1) is 12.3 Å². The molecule has 0 heterocycles. The minimum absolute atomic E-state index is 0.0385. The van der Waals surface area contributed by atoms with Gasteiger partial charge in [0.1, 0.15) is 12.4 Å². The van der Waals surface area contributed by atoms with Crippen LogP contribution in [0.1, 0.15) is 12.5 Å². The lowest BCUT2D eigenvalue weighted by Crippen LogP contribution is -2.29. The van der Waals surface area contributed by atoms with Gasteiger partial charge in [-0.25, -0.2) is 0 Å². The van der Waals surface area contributed by atoms with Crippen molar-refractivity contribution in [3.05, 3.63) is 54.1 Å². The normalized spacial score (nSPS) is 10.2. The fourth-order valence-corrected chi connectivity index (χ4v) is 2.76. The summed E-state index contributed by atoms with van der Waals surface area (Å²) in [6.07, 6.45) is 0. The minimum Gasteiger partial charge on any atom is -0.492 e. The number of hydrogen-bond acceptors (Lipinski definition) is 4. The molecule has 0 fully saturated rings. The maximum absolute atomic E-state index is 11.8. The third-order valence-corrected chi connectivity index (χ3v) is 4.27. The molecule has 0 aromatic heterocycles. The van der Waals surface area contributed by atoms with Crippen molar-refractivity contribution < 1.29 is 14.3 Å².